The van der Waals surface area contributed by atoms with Crippen LogP contribution in [0.5, 0.6) is 0 Å². The number of nitrogens with zero attached hydrogens (tertiary/aromatic N) is 5. The Bertz CT molecular complexity index is 779. The van der Waals surface area contributed by atoms with E-state index in [0.29, 0.717) is 12.3 Å². The van der Waals surface area contributed by atoms with E-state index >= 15 is 0 Å². The molecule has 0 unspecified atom stereocenters. The highest BCUT2D eigenvalue weighted by Crippen LogP contribution is 2.22. The Morgan fingerprint density at radius 2 is 1.96 bits per heavy atom. The average Bonchev–Trinajstić information content (AvgIpc) is 2.97. The summed E-state index contributed by atoms with van der Waals surface area (Å²) < 4.78 is 5.15. The maximum absolute atomic E-state index is 5.15. The monoisotopic (exact) mass is 312 g/mol. The van der Waals surface area contributed by atoms with Gasteiger partial charge >= 0.3 is 0 Å². The molecule has 0 aliphatic rings. The summed E-state index contributed by atoms with van der Waals surface area (Å²) in [5, 5.41) is 8.05. The first-order chi connectivity index (χ1) is 11.2. The van der Waals surface area contributed by atoms with Crippen molar-refractivity contribution in [3.05, 3.63) is 35.9 Å². The molecule has 0 saturated heterocycles. The third kappa shape index (κ3) is 3.08. The van der Waals surface area contributed by atoms with Gasteiger partial charge in [-0.1, -0.05) is 11.2 Å². The summed E-state index contributed by atoms with van der Waals surface area (Å²) in [6.07, 6.45) is 3.36. The molecule has 0 saturated carbocycles. The number of fused-ring (bicyclic) bond motifs is 1. The Morgan fingerprint density at radius 1 is 1.13 bits per heavy atom. The predicted molar refractivity (Wildman–Crippen MR) is 89.5 cm³/mol. The lowest BCUT2D eigenvalue weighted by Crippen LogP contribution is -2.22. The Labute approximate surface area is 134 Å². The molecule has 23 heavy (non-hydrogen) atoms. The highest BCUT2D eigenvalue weighted by Gasteiger charge is 2.11. The number of pyridine rings is 1. The molecule has 0 spiro atoms. The Hall–Kier alpha value is -2.70. The van der Waals surface area contributed by atoms with Crippen molar-refractivity contribution in [3.63, 3.8) is 0 Å². The molecule has 1 N–H and O–H groups in total. The second kappa shape index (κ2) is 6.60. The van der Waals surface area contributed by atoms with E-state index in [1.54, 1.807) is 0 Å². The SMILES string of the molecule is CCN(CC)c1ccc(CNc2ncnc3onc(C)c23)cn1. The number of hydrogen-bond acceptors (Lipinski definition) is 7. The maximum atomic E-state index is 5.15. The summed E-state index contributed by atoms with van der Waals surface area (Å²) in [6.45, 7) is 8.66. The van der Waals surface area contributed by atoms with E-state index < -0.39 is 0 Å². The molecule has 0 atom stereocenters. The van der Waals surface area contributed by atoms with Gasteiger partial charge in [0.15, 0.2) is 0 Å². The fraction of sp³-hybridized carbons (Fsp3) is 0.375. The van der Waals surface area contributed by atoms with E-state index in [-0.39, 0.29) is 0 Å². The van der Waals surface area contributed by atoms with Gasteiger partial charge in [0.2, 0.25) is 0 Å². The molecule has 0 fully saturated rings. The molecule has 3 rings (SSSR count). The van der Waals surface area contributed by atoms with E-state index in [4.69, 9.17) is 4.52 Å². The number of hydrogen-bond donors (Lipinski definition) is 1. The van der Waals surface area contributed by atoms with Crippen molar-refractivity contribution in [1.82, 2.24) is 20.1 Å². The smallest absolute Gasteiger partial charge is 0.263 e. The molecule has 0 aromatic carbocycles. The Balaban J connectivity index is 1.74. The second-order valence-corrected chi connectivity index (χ2v) is 5.22. The van der Waals surface area contributed by atoms with Gasteiger partial charge in [0.25, 0.3) is 5.71 Å². The number of anilines is 2. The van der Waals surface area contributed by atoms with Crippen LogP contribution < -0.4 is 10.2 Å². The third-order valence-corrected chi connectivity index (χ3v) is 3.80. The number of nitrogens with one attached hydrogen (secondary N) is 1. The molecule has 0 radical (unpaired) electrons. The van der Waals surface area contributed by atoms with Crippen molar-refractivity contribution in [3.8, 4) is 0 Å². The molecule has 3 heterocycles. The number of rotatable bonds is 6. The van der Waals surface area contributed by atoms with Gasteiger partial charge in [-0.15, -0.1) is 0 Å². The summed E-state index contributed by atoms with van der Waals surface area (Å²) in [5.41, 5.74) is 2.36. The van der Waals surface area contributed by atoms with Crippen LogP contribution in [0.3, 0.4) is 0 Å². The molecular formula is C16H20N6O. The first-order valence-electron chi connectivity index (χ1n) is 7.73. The van der Waals surface area contributed by atoms with Crippen molar-refractivity contribution in [2.24, 2.45) is 0 Å². The zero-order chi connectivity index (χ0) is 16.2. The Morgan fingerprint density at radius 3 is 2.65 bits per heavy atom. The normalized spacial score (nSPS) is 10.9. The molecule has 0 aliphatic carbocycles. The van der Waals surface area contributed by atoms with Crippen LogP contribution in [0.25, 0.3) is 11.1 Å². The lowest BCUT2D eigenvalue weighted by molar-refractivity contribution is 0.442. The van der Waals surface area contributed by atoms with E-state index in [9.17, 15) is 0 Å². The average molecular weight is 312 g/mol. The van der Waals surface area contributed by atoms with Gasteiger partial charge < -0.3 is 14.7 Å². The zero-order valence-electron chi connectivity index (χ0n) is 13.6. The topological polar surface area (TPSA) is 80.0 Å². The van der Waals surface area contributed by atoms with Gasteiger partial charge in [-0.05, 0) is 32.4 Å². The van der Waals surface area contributed by atoms with Crippen LogP contribution in [-0.4, -0.2) is 33.2 Å². The van der Waals surface area contributed by atoms with Crippen LogP contribution in [0.15, 0.2) is 29.2 Å². The van der Waals surface area contributed by atoms with Crippen LogP contribution in [-0.2, 0) is 6.54 Å². The number of aromatic nitrogens is 4. The minimum absolute atomic E-state index is 0.495. The highest BCUT2D eigenvalue weighted by molar-refractivity contribution is 5.87. The van der Waals surface area contributed by atoms with E-state index in [0.717, 1.165) is 41.4 Å². The minimum Gasteiger partial charge on any atom is -0.365 e. The van der Waals surface area contributed by atoms with Crippen LogP contribution in [0.1, 0.15) is 25.1 Å². The van der Waals surface area contributed by atoms with Crippen molar-refractivity contribution in [1.29, 1.82) is 0 Å². The first kappa shape index (κ1) is 15.2. The van der Waals surface area contributed by atoms with E-state index in [1.807, 2.05) is 19.2 Å². The fourth-order valence-electron chi connectivity index (χ4n) is 2.50. The van der Waals surface area contributed by atoms with Gasteiger partial charge in [0, 0.05) is 25.8 Å². The molecule has 120 valence electrons. The molecular weight excluding hydrogens is 292 g/mol. The van der Waals surface area contributed by atoms with Gasteiger partial charge in [-0.3, -0.25) is 0 Å². The summed E-state index contributed by atoms with van der Waals surface area (Å²) >= 11 is 0. The summed E-state index contributed by atoms with van der Waals surface area (Å²) in [5.74, 6) is 1.72. The molecule has 7 heteroatoms. The zero-order valence-corrected chi connectivity index (χ0v) is 13.6. The summed E-state index contributed by atoms with van der Waals surface area (Å²) in [6, 6.07) is 4.12. The van der Waals surface area contributed by atoms with Gasteiger partial charge in [-0.25, -0.2) is 9.97 Å². The van der Waals surface area contributed by atoms with Gasteiger partial charge in [0.05, 0.1) is 5.69 Å². The van der Waals surface area contributed by atoms with Crippen molar-refractivity contribution >= 4 is 22.7 Å². The molecule has 3 aromatic rings. The highest BCUT2D eigenvalue weighted by atomic mass is 16.5. The maximum Gasteiger partial charge on any atom is 0.263 e. The molecule has 7 nitrogen and oxygen atoms in total. The summed E-state index contributed by atoms with van der Waals surface area (Å²) in [4.78, 5) is 15.1. The van der Waals surface area contributed by atoms with Crippen molar-refractivity contribution in [2.45, 2.75) is 27.3 Å². The molecule has 3 aromatic heterocycles. The van der Waals surface area contributed by atoms with Gasteiger partial charge in [0.1, 0.15) is 23.3 Å². The fourth-order valence-corrected chi connectivity index (χ4v) is 2.50. The number of aryl methyl sites for hydroxylation is 1. The first-order valence-corrected chi connectivity index (χ1v) is 7.73. The standard InChI is InChI=1S/C16H20N6O/c1-4-22(5-2)13-7-6-12(8-17-13)9-18-15-14-11(3)21-23-16(14)20-10-19-15/h6-8,10H,4-5,9H2,1-3H3,(H,18,19,20). The molecule has 0 aliphatic heterocycles. The van der Waals surface area contributed by atoms with Crippen LogP contribution in [0.4, 0.5) is 11.6 Å². The van der Waals surface area contributed by atoms with Crippen molar-refractivity contribution in [2.75, 3.05) is 23.3 Å². The largest absolute Gasteiger partial charge is 0.365 e. The third-order valence-electron chi connectivity index (χ3n) is 3.80. The molecule has 0 amide bonds. The van der Waals surface area contributed by atoms with Crippen LogP contribution in [0, 0.1) is 6.92 Å². The van der Waals surface area contributed by atoms with Crippen LogP contribution >= 0.6 is 0 Å². The van der Waals surface area contributed by atoms with Gasteiger partial charge in [-0.2, -0.15) is 4.98 Å². The second-order valence-electron chi connectivity index (χ2n) is 5.22. The quantitative estimate of drug-likeness (QED) is 0.749. The lowest BCUT2D eigenvalue weighted by Gasteiger charge is -2.19. The minimum atomic E-state index is 0.495. The lowest BCUT2D eigenvalue weighted by atomic mass is 10.2. The summed E-state index contributed by atoms with van der Waals surface area (Å²) in [7, 11) is 0. The van der Waals surface area contributed by atoms with E-state index in [1.165, 1.54) is 6.33 Å². The van der Waals surface area contributed by atoms with E-state index in [2.05, 4.69) is 50.2 Å². The molecule has 0 bridgehead atoms. The predicted octanol–water partition coefficient (Wildman–Crippen LogP) is 2.78. The Kier molecular flexibility index (Phi) is 4.36. The van der Waals surface area contributed by atoms with Crippen molar-refractivity contribution < 1.29 is 4.52 Å². The van der Waals surface area contributed by atoms with Crippen LogP contribution in [0.2, 0.25) is 0 Å².